The van der Waals surface area contributed by atoms with Crippen LogP contribution in [0.2, 0.25) is 0 Å². The molecule has 12 heteroatoms. The fraction of sp³-hybridized carbons (Fsp3) is 0.0714. The second-order valence-electron chi connectivity index (χ2n) is 9.30. The molecule has 40 heavy (non-hydrogen) atoms. The van der Waals surface area contributed by atoms with Crippen LogP contribution in [-0.4, -0.2) is 45.5 Å². The van der Waals surface area contributed by atoms with Crippen LogP contribution in [0.25, 0.3) is 21.9 Å². The minimum atomic E-state index is -3.96. The normalized spacial score (nSPS) is 11.7. The molecule has 0 saturated heterocycles. The van der Waals surface area contributed by atoms with Crippen molar-refractivity contribution in [2.24, 2.45) is 5.73 Å². The van der Waals surface area contributed by atoms with Gasteiger partial charge >= 0.3 is 0 Å². The lowest BCUT2D eigenvalue weighted by atomic mass is 10.2. The topological polar surface area (TPSA) is 152 Å². The van der Waals surface area contributed by atoms with E-state index in [1.807, 2.05) is 37.1 Å². The highest BCUT2D eigenvalue weighted by Crippen LogP contribution is 2.34. The van der Waals surface area contributed by atoms with Crippen molar-refractivity contribution in [3.8, 4) is 0 Å². The molecule has 4 N–H and O–H groups in total. The Morgan fingerprint density at radius 3 is 2.48 bits per heavy atom. The molecule has 3 heterocycles. The molecule has 0 aliphatic rings. The van der Waals surface area contributed by atoms with E-state index in [0.29, 0.717) is 22.5 Å². The maximum atomic E-state index is 13.7. The molecule has 1 amide bonds. The van der Waals surface area contributed by atoms with Crippen LogP contribution in [0.4, 0.5) is 23.1 Å². The van der Waals surface area contributed by atoms with E-state index in [1.165, 1.54) is 6.20 Å². The molecular formula is C28H24N8O3S. The monoisotopic (exact) mass is 552 g/mol. The van der Waals surface area contributed by atoms with E-state index in [0.717, 1.165) is 26.1 Å². The van der Waals surface area contributed by atoms with E-state index in [2.05, 4.69) is 20.5 Å². The molecule has 0 aliphatic carbocycles. The van der Waals surface area contributed by atoms with Gasteiger partial charge in [0.1, 0.15) is 5.82 Å². The first-order valence-corrected chi connectivity index (χ1v) is 13.7. The Morgan fingerprint density at radius 2 is 1.75 bits per heavy atom. The van der Waals surface area contributed by atoms with Gasteiger partial charge in [-0.15, -0.1) is 0 Å². The summed E-state index contributed by atoms with van der Waals surface area (Å²) in [5.41, 5.74) is 9.18. The first-order chi connectivity index (χ1) is 19.2. The molecule has 0 spiro atoms. The summed E-state index contributed by atoms with van der Waals surface area (Å²) in [6.07, 6.45) is 3.21. The van der Waals surface area contributed by atoms with Crippen LogP contribution in [0.15, 0.2) is 90.1 Å². The first kappa shape index (κ1) is 25.1. The number of amides is 1. The van der Waals surface area contributed by atoms with Gasteiger partial charge in [-0.1, -0.05) is 17.7 Å². The van der Waals surface area contributed by atoms with Crippen molar-refractivity contribution < 1.29 is 13.2 Å². The Kier molecular flexibility index (Phi) is 5.96. The number of hydrogen-bond donors (Lipinski definition) is 3. The maximum Gasteiger partial charge on any atom is 0.269 e. The molecular weight excluding hydrogens is 528 g/mol. The highest BCUT2D eigenvalue weighted by Gasteiger charge is 2.24. The number of aryl methyl sites for hydroxylation is 1. The number of aromatic nitrogens is 5. The number of benzene rings is 3. The second kappa shape index (κ2) is 9.50. The van der Waals surface area contributed by atoms with Gasteiger partial charge in [-0.2, -0.15) is 15.1 Å². The number of anilines is 4. The van der Waals surface area contributed by atoms with Gasteiger partial charge in [0.15, 0.2) is 5.65 Å². The quantitative estimate of drug-likeness (QED) is 0.262. The predicted molar refractivity (Wildman–Crippen MR) is 154 cm³/mol. The van der Waals surface area contributed by atoms with Gasteiger partial charge in [0.25, 0.3) is 10.0 Å². The van der Waals surface area contributed by atoms with Gasteiger partial charge < -0.3 is 16.0 Å². The van der Waals surface area contributed by atoms with E-state index < -0.39 is 15.9 Å². The summed E-state index contributed by atoms with van der Waals surface area (Å²) in [5, 5.41) is 11.6. The standard InChI is InChI=1S/C28H24N8O3S/c1-17-3-10-22(11-4-17)40(38,39)36-14-13-23-26(35(2)21-9-12-24-19(15-21)16-30-34-24)32-28(33-27(23)36)31-20-7-5-18(6-8-20)25(29)37/h3-16H,1-2H3,(H2,29,37)(H,30,34)(H,31,32,33). The molecule has 6 rings (SSSR count). The van der Waals surface area contributed by atoms with E-state index >= 15 is 0 Å². The summed E-state index contributed by atoms with van der Waals surface area (Å²) < 4.78 is 28.5. The van der Waals surface area contributed by atoms with Crippen LogP contribution >= 0.6 is 0 Å². The van der Waals surface area contributed by atoms with Crippen molar-refractivity contribution in [2.45, 2.75) is 11.8 Å². The molecule has 11 nitrogen and oxygen atoms in total. The molecule has 0 aliphatic heterocycles. The van der Waals surface area contributed by atoms with Crippen molar-refractivity contribution in [1.29, 1.82) is 0 Å². The van der Waals surface area contributed by atoms with Gasteiger partial charge in [-0.05, 0) is 67.6 Å². The molecule has 0 bridgehead atoms. The zero-order valence-corrected chi connectivity index (χ0v) is 22.3. The maximum absolute atomic E-state index is 13.7. The third-order valence-electron chi connectivity index (χ3n) is 6.62. The molecule has 3 aromatic carbocycles. The van der Waals surface area contributed by atoms with Gasteiger partial charge in [0, 0.05) is 35.6 Å². The molecule has 3 aromatic heterocycles. The Labute approximate surface area is 229 Å². The minimum absolute atomic E-state index is 0.145. The molecule has 0 radical (unpaired) electrons. The number of carbonyl (C=O) groups is 1. The summed E-state index contributed by atoms with van der Waals surface area (Å²) in [6.45, 7) is 1.89. The summed E-state index contributed by atoms with van der Waals surface area (Å²) >= 11 is 0. The number of aromatic amines is 1. The fourth-order valence-corrected chi connectivity index (χ4v) is 5.71. The Balaban J connectivity index is 1.50. The first-order valence-electron chi connectivity index (χ1n) is 12.3. The lowest BCUT2D eigenvalue weighted by Gasteiger charge is -2.20. The average Bonchev–Trinajstić information content (AvgIpc) is 3.60. The van der Waals surface area contributed by atoms with Crippen molar-refractivity contribution in [2.75, 3.05) is 17.3 Å². The van der Waals surface area contributed by atoms with E-state index in [1.54, 1.807) is 60.8 Å². The SMILES string of the molecule is Cc1ccc(S(=O)(=O)n2ccc3c(N(C)c4ccc5[nH]ncc5c4)nc(Nc4ccc(C(N)=O)cc4)nc32)cc1. The average molecular weight is 553 g/mol. The Hall–Kier alpha value is -5.23. The number of carbonyl (C=O) groups excluding carboxylic acids is 1. The largest absolute Gasteiger partial charge is 0.366 e. The third-order valence-corrected chi connectivity index (χ3v) is 8.30. The molecule has 0 atom stereocenters. The number of fused-ring (bicyclic) bond motifs is 2. The van der Waals surface area contributed by atoms with E-state index in [-0.39, 0.29) is 16.5 Å². The molecule has 0 fully saturated rings. The number of rotatable bonds is 7. The third kappa shape index (κ3) is 4.39. The van der Waals surface area contributed by atoms with Gasteiger partial charge in [0.05, 0.1) is 22.0 Å². The van der Waals surface area contributed by atoms with Gasteiger partial charge in [-0.25, -0.2) is 12.4 Å². The lowest BCUT2D eigenvalue weighted by molar-refractivity contribution is 0.100. The zero-order valence-electron chi connectivity index (χ0n) is 21.5. The van der Waals surface area contributed by atoms with Crippen LogP contribution in [0.5, 0.6) is 0 Å². The van der Waals surface area contributed by atoms with Crippen molar-refractivity contribution in [3.63, 3.8) is 0 Å². The summed E-state index contributed by atoms with van der Waals surface area (Å²) in [7, 11) is -2.11. The van der Waals surface area contributed by atoms with Crippen molar-refractivity contribution >= 4 is 61.0 Å². The number of nitrogens with one attached hydrogen (secondary N) is 2. The van der Waals surface area contributed by atoms with Crippen LogP contribution in [0, 0.1) is 6.92 Å². The smallest absolute Gasteiger partial charge is 0.269 e. The number of nitrogens with two attached hydrogens (primary N) is 1. The number of nitrogens with zero attached hydrogens (tertiary/aromatic N) is 5. The summed E-state index contributed by atoms with van der Waals surface area (Å²) in [5.74, 6) is 0.119. The second-order valence-corrected chi connectivity index (χ2v) is 11.1. The van der Waals surface area contributed by atoms with Crippen LogP contribution < -0.4 is 16.0 Å². The summed E-state index contributed by atoms with van der Waals surface area (Å²) in [6, 6.07) is 20.7. The lowest BCUT2D eigenvalue weighted by Crippen LogP contribution is -2.16. The Morgan fingerprint density at radius 1 is 1.00 bits per heavy atom. The highest BCUT2D eigenvalue weighted by atomic mass is 32.2. The highest BCUT2D eigenvalue weighted by molar-refractivity contribution is 7.90. The number of hydrogen-bond acceptors (Lipinski definition) is 8. The number of primary amides is 1. The molecule has 0 unspecified atom stereocenters. The van der Waals surface area contributed by atoms with Crippen LogP contribution in [-0.2, 0) is 10.0 Å². The van der Waals surface area contributed by atoms with Crippen molar-refractivity contribution in [1.82, 2.24) is 24.1 Å². The molecule has 0 saturated carbocycles. The predicted octanol–water partition coefficient (Wildman–Crippen LogP) is 4.46. The van der Waals surface area contributed by atoms with Crippen LogP contribution in [0.1, 0.15) is 15.9 Å². The molecule has 6 aromatic rings. The number of H-pyrrole nitrogens is 1. The zero-order chi connectivity index (χ0) is 28.0. The van der Waals surface area contributed by atoms with Crippen molar-refractivity contribution in [3.05, 3.63) is 96.3 Å². The van der Waals surface area contributed by atoms with Crippen LogP contribution in [0.3, 0.4) is 0 Å². The Bertz CT molecular complexity index is 2000. The van der Waals surface area contributed by atoms with E-state index in [9.17, 15) is 13.2 Å². The van der Waals surface area contributed by atoms with Gasteiger partial charge in [-0.3, -0.25) is 9.89 Å². The minimum Gasteiger partial charge on any atom is -0.366 e. The van der Waals surface area contributed by atoms with Gasteiger partial charge in [0.2, 0.25) is 11.9 Å². The molecule has 200 valence electrons. The summed E-state index contributed by atoms with van der Waals surface area (Å²) in [4.78, 5) is 22.8. The fourth-order valence-electron chi connectivity index (χ4n) is 4.41. The van der Waals surface area contributed by atoms with E-state index in [4.69, 9.17) is 10.7 Å².